The minimum atomic E-state index is -0.489. The minimum Gasteiger partial charge on any atom is -0.464 e. The van der Waals surface area contributed by atoms with E-state index >= 15 is 0 Å². The molecule has 0 radical (unpaired) electrons. The monoisotopic (exact) mass is 579 g/mol. The number of nitriles is 2. The summed E-state index contributed by atoms with van der Waals surface area (Å²) in [4.78, 5) is 12.2. The number of carbonyl (C=O) groups is 1. The van der Waals surface area contributed by atoms with Gasteiger partial charge in [-0.3, -0.25) is 0 Å². The lowest BCUT2D eigenvalue weighted by molar-refractivity contribution is 0.0591. The Hall–Kier alpha value is -3.72. The quantitative estimate of drug-likeness (QED) is 0.244. The average Bonchev–Trinajstić information content (AvgIpc) is 3.30. The lowest BCUT2D eigenvalue weighted by Crippen LogP contribution is -2.09. The van der Waals surface area contributed by atoms with E-state index in [1.54, 1.807) is 41.0 Å². The first kappa shape index (κ1) is 24.9. The Labute approximate surface area is 212 Å². The molecule has 4 rings (SSSR count). The fourth-order valence-corrected chi connectivity index (χ4v) is 3.77. The number of esters is 1. The Balaban J connectivity index is 0.000000271. The number of hydrogen-bond acceptors (Lipinski definition) is 4. The van der Waals surface area contributed by atoms with Crippen molar-refractivity contribution < 1.29 is 13.9 Å². The maximum absolute atomic E-state index is 12.6. The van der Waals surface area contributed by atoms with Crippen molar-refractivity contribution in [2.45, 2.75) is 0 Å². The first-order valence-corrected chi connectivity index (χ1v) is 11.4. The number of methoxy groups -OCH3 is 1. The Kier molecular flexibility index (Phi) is 8.37. The molecule has 34 heavy (non-hydrogen) atoms. The van der Waals surface area contributed by atoms with Crippen LogP contribution in [0.25, 0.3) is 16.8 Å². The highest BCUT2D eigenvalue weighted by Gasteiger charge is 2.18. The zero-order valence-corrected chi connectivity index (χ0v) is 21.0. The maximum Gasteiger partial charge on any atom is 0.355 e. The Morgan fingerprint density at radius 3 is 2.09 bits per heavy atom. The van der Waals surface area contributed by atoms with Crippen LogP contribution in [-0.2, 0) is 4.74 Å². The molecule has 0 amide bonds. The van der Waals surface area contributed by atoms with Crippen molar-refractivity contribution in [3.63, 3.8) is 0 Å². The highest BCUT2D eigenvalue weighted by atomic mass is 79.9. The molecule has 0 bridgehead atoms. The van der Waals surface area contributed by atoms with Gasteiger partial charge in [0, 0.05) is 20.7 Å². The summed E-state index contributed by atoms with van der Waals surface area (Å²) in [6.45, 7) is 0. The number of carbonyl (C=O) groups excluding carboxylic acids is 1. The van der Waals surface area contributed by atoms with Crippen molar-refractivity contribution in [3.05, 3.63) is 111 Å². The van der Waals surface area contributed by atoms with Gasteiger partial charge in [0.05, 0.1) is 23.9 Å². The van der Waals surface area contributed by atoms with Crippen molar-refractivity contribution in [1.29, 1.82) is 10.5 Å². The van der Waals surface area contributed by atoms with Crippen molar-refractivity contribution >= 4 is 37.8 Å². The molecule has 168 valence electrons. The fraction of sp³-hybridized carbons (Fsp3) is 0.0385. The summed E-state index contributed by atoms with van der Waals surface area (Å²) in [6.07, 6.45) is 1.84. The third kappa shape index (κ3) is 5.79. The second-order valence-corrected chi connectivity index (χ2v) is 8.68. The van der Waals surface area contributed by atoms with E-state index in [1.807, 2.05) is 36.5 Å². The topological polar surface area (TPSA) is 78.8 Å². The van der Waals surface area contributed by atoms with E-state index in [9.17, 15) is 14.4 Å². The molecule has 0 N–H and O–H groups in total. The van der Waals surface area contributed by atoms with Gasteiger partial charge >= 0.3 is 5.97 Å². The molecular formula is C26H16Br2FN3O2. The Bertz CT molecular complexity index is 1420. The predicted octanol–water partition coefficient (Wildman–Crippen LogP) is 7.02. The molecule has 0 aliphatic carbocycles. The van der Waals surface area contributed by atoms with Crippen LogP contribution in [0.5, 0.6) is 0 Å². The van der Waals surface area contributed by atoms with Crippen LogP contribution in [0, 0.1) is 28.5 Å². The van der Waals surface area contributed by atoms with Crippen LogP contribution in [0.4, 0.5) is 4.39 Å². The highest BCUT2D eigenvalue weighted by Crippen LogP contribution is 2.28. The summed E-state index contributed by atoms with van der Waals surface area (Å²) in [5, 5.41) is 17.7. The van der Waals surface area contributed by atoms with Gasteiger partial charge in [-0.2, -0.15) is 10.5 Å². The standard InChI is InChI=1S/C19H13BrN2O2.C7H3BrFN/c1-24-19(23)18-9-15(13-5-3-2-4-6-13)12-22(18)17-10-16(20)8-7-14(17)11-21;8-6-2-1-5(4-10)7(9)3-6/h2-10,12H,1H3;1-3H. The van der Waals surface area contributed by atoms with Crippen molar-refractivity contribution in [3.8, 4) is 29.0 Å². The largest absolute Gasteiger partial charge is 0.464 e. The summed E-state index contributed by atoms with van der Waals surface area (Å²) in [5.41, 5.74) is 3.39. The van der Waals surface area contributed by atoms with E-state index in [0.717, 1.165) is 15.6 Å². The lowest BCUT2D eigenvalue weighted by atomic mass is 10.1. The highest BCUT2D eigenvalue weighted by molar-refractivity contribution is 9.10. The first-order chi connectivity index (χ1) is 16.4. The number of nitrogens with zero attached hydrogens (tertiary/aromatic N) is 3. The number of rotatable bonds is 3. The third-order valence-electron chi connectivity index (χ3n) is 4.71. The third-order valence-corrected chi connectivity index (χ3v) is 5.70. The van der Waals surface area contributed by atoms with Crippen LogP contribution < -0.4 is 0 Å². The molecule has 0 aliphatic heterocycles. The number of benzene rings is 3. The summed E-state index contributed by atoms with van der Waals surface area (Å²) in [5.74, 6) is -0.946. The molecule has 0 saturated heterocycles. The molecule has 0 saturated carbocycles. The molecule has 1 aromatic heterocycles. The molecule has 0 aliphatic rings. The molecule has 0 atom stereocenters. The molecule has 5 nitrogen and oxygen atoms in total. The second-order valence-electron chi connectivity index (χ2n) is 6.85. The predicted molar refractivity (Wildman–Crippen MR) is 134 cm³/mol. The van der Waals surface area contributed by atoms with Crippen LogP contribution in [0.3, 0.4) is 0 Å². The number of aromatic nitrogens is 1. The zero-order chi connectivity index (χ0) is 24.7. The summed E-state index contributed by atoms with van der Waals surface area (Å²) < 4.78 is 20.7. The number of ether oxygens (including phenoxy) is 1. The molecule has 0 spiro atoms. The van der Waals surface area contributed by atoms with Gasteiger partial charge in [-0.15, -0.1) is 0 Å². The molecular weight excluding hydrogens is 565 g/mol. The summed E-state index contributed by atoms with van der Waals surface area (Å²) in [7, 11) is 1.34. The van der Waals surface area contributed by atoms with Crippen molar-refractivity contribution in [2.24, 2.45) is 0 Å². The zero-order valence-electron chi connectivity index (χ0n) is 17.8. The molecule has 8 heteroatoms. The van der Waals surface area contributed by atoms with Crippen LogP contribution in [0.1, 0.15) is 21.6 Å². The number of hydrogen-bond donors (Lipinski definition) is 0. The van der Waals surface area contributed by atoms with Crippen LogP contribution in [-0.4, -0.2) is 17.6 Å². The van der Waals surface area contributed by atoms with Crippen molar-refractivity contribution in [2.75, 3.05) is 7.11 Å². The molecule has 1 heterocycles. The van der Waals surface area contributed by atoms with Crippen molar-refractivity contribution in [1.82, 2.24) is 4.57 Å². The van der Waals surface area contributed by atoms with Gasteiger partial charge in [0.2, 0.25) is 0 Å². The summed E-state index contributed by atoms with van der Waals surface area (Å²) >= 11 is 6.49. The minimum absolute atomic E-state index is 0.0724. The lowest BCUT2D eigenvalue weighted by Gasteiger charge is -2.10. The van der Waals surface area contributed by atoms with Crippen LogP contribution >= 0.6 is 31.9 Å². The molecule has 4 aromatic rings. The van der Waals surface area contributed by atoms with Gasteiger partial charge in [0.15, 0.2) is 0 Å². The van der Waals surface area contributed by atoms with E-state index < -0.39 is 11.8 Å². The van der Waals surface area contributed by atoms with Gasteiger partial charge in [-0.1, -0.05) is 62.2 Å². The SMILES string of the molecule is COC(=O)c1cc(-c2ccccc2)cn1-c1cc(Br)ccc1C#N.N#Cc1ccc(Br)cc1F. The van der Waals surface area contributed by atoms with E-state index in [0.29, 0.717) is 21.4 Å². The fourth-order valence-electron chi connectivity index (χ4n) is 3.09. The van der Waals surface area contributed by atoms with Gasteiger partial charge in [0.25, 0.3) is 0 Å². The van der Waals surface area contributed by atoms with Crippen LogP contribution in [0.15, 0.2) is 87.9 Å². The molecule has 0 fully saturated rings. The van der Waals surface area contributed by atoms with Gasteiger partial charge in [0.1, 0.15) is 23.6 Å². The van der Waals surface area contributed by atoms with Gasteiger partial charge < -0.3 is 9.30 Å². The Morgan fingerprint density at radius 2 is 1.50 bits per heavy atom. The van der Waals surface area contributed by atoms with Crippen LogP contribution in [0.2, 0.25) is 0 Å². The second kappa shape index (κ2) is 11.4. The Morgan fingerprint density at radius 1 is 0.882 bits per heavy atom. The van der Waals surface area contributed by atoms with E-state index in [-0.39, 0.29) is 5.56 Å². The van der Waals surface area contributed by atoms with E-state index in [2.05, 4.69) is 37.9 Å². The van der Waals surface area contributed by atoms with Gasteiger partial charge in [-0.05, 0) is 48.0 Å². The average molecular weight is 581 g/mol. The number of halogens is 3. The molecule has 3 aromatic carbocycles. The summed E-state index contributed by atoms with van der Waals surface area (Å²) in [6, 6.07) is 25.0. The first-order valence-electron chi connectivity index (χ1n) is 9.79. The van der Waals surface area contributed by atoms with Gasteiger partial charge in [-0.25, -0.2) is 9.18 Å². The normalized spacial score (nSPS) is 9.82. The smallest absolute Gasteiger partial charge is 0.355 e. The molecule has 0 unspecified atom stereocenters. The van der Waals surface area contributed by atoms with E-state index in [1.165, 1.54) is 19.2 Å². The maximum atomic E-state index is 12.6. The van der Waals surface area contributed by atoms with E-state index in [4.69, 9.17) is 10.00 Å².